The molecule has 4 aromatic rings. The summed E-state index contributed by atoms with van der Waals surface area (Å²) in [6, 6.07) is 26.0. The number of benzene rings is 4. The van der Waals surface area contributed by atoms with Crippen LogP contribution in [0, 0.1) is 23.3 Å². The van der Waals surface area contributed by atoms with Crippen molar-refractivity contribution in [2.75, 3.05) is 0 Å². The molecule has 0 saturated heterocycles. The number of hydrogen-bond donors (Lipinski definition) is 0. The third-order valence-corrected chi connectivity index (χ3v) is 9.87. The van der Waals surface area contributed by atoms with Crippen LogP contribution in [0.5, 0.6) is 0 Å². The molecule has 6 heteroatoms. The van der Waals surface area contributed by atoms with E-state index in [1.54, 1.807) is 48.5 Å². The van der Waals surface area contributed by atoms with E-state index in [-0.39, 0.29) is 40.3 Å². The molecule has 0 aromatic heterocycles. The third-order valence-electron chi connectivity index (χ3n) is 5.72. The van der Waals surface area contributed by atoms with Gasteiger partial charge in [0.05, 0.1) is 24.6 Å². The molecule has 0 unspecified atom stereocenters. The van der Waals surface area contributed by atoms with Gasteiger partial charge in [0, 0.05) is 7.26 Å². The van der Waals surface area contributed by atoms with E-state index in [0.29, 0.717) is 0 Å². The molecule has 0 heterocycles. The first-order valence-corrected chi connectivity index (χ1v) is 13.3. The summed E-state index contributed by atoms with van der Waals surface area (Å²) in [6.07, 6.45) is 2.89. The monoisotopic (exact) mass is 546 g/mol. The lowest BCUT2D eigenvalue weighted by Gasteiger charge is -2.29. The van der Waals surface area contributed by atoms with E-state index < -0.39 is 7.26 Å². The first kappa shape index (κ1) is 26.1. The van der Waals surface area contributed by atoms with Crippen molar-refractivity contribution in [2.45, 2.75) is 24.6 Å². The molecule has 0 nitrogen and oxygen atoms in total. The van der Waals surface area contributed by atoms with Gasteiger partial charge in [-0.1, -0.05) is 48.5 Å². The van der Waals surface area contributed by atoms with Gasteiger partial charge in [-0.2, -0.15) is 0 Å². The Hall–Kier alpha value is -2.49. The van der Waals surface area contributed by atoms with Gasteiger partial charge in [-0.05, 0) is 70.8 Å². The highest BCUT2D eigenvalue weighted by Gasteiger charge is 2.38. The van der Waals surface area contributed by atoms with Gasteiger partial charge in [0.1, 0.15) is 23.3 Å². The number of hydrogen-bond acceptors (Lipinski definition) is 0. The summed E-state index contributed by atoms with van der Waals surface area (Å²) < 4.78 is 54.3. The van der Waals surface area contributed by atoms with E-state index in [1.807, 2.05) is 0 Å². The molecule has 0 radical (unpaired) electrons. The Kier molecular flexibility index (Phi) is 9.04. The normalized spacial score (nSPS) is 11.2. The van der Waals surface area contributed by atoms with Gasteiger partial charge >= 0.3 is 0 Å². The summed E-state index contributed by atoms with van der Waals surface area (Å²) >= 11 is 0. The average Bonchev–Trinajstić information content (AvgIpc) is 2.80. The molecule has 176 valence electrons. The minimum Gasteiger partial charge on any atom is -1.00 e. The first-order chi connectivity index (χ1) is 15.9. The van der Waals surface area contributed by atoms with Crippen LogP contribution in [0.2, 0.25) is 0 Å². The summed E-state index contributed by atoms with van der Waals surface area (Å²) in [5, 5.41) is 0. The van der Waals surface area contributed by atoms with Crippen LogP contribution in [0.1, 0.15) is 22.3 Å². The van der Waals surface area contributed by atoms with E-state index in [0.717, 1.165) is 46.9 Å². The second kappa shape index (κ2) is 11.8. The minimum absolute atomic E-state index is 0. The molecule has 4 aromatic carbocycles. The lowest BCUT2D eigenvalue weighted by molar-refractivity contribution is -0.00000927. The van der Waals surface area contributed by atoms with E-state index in [1.165, 1.54) is 48.5 Å². The zero-order valence-corrected chi connectivity index (χ0v) is 20.9. The van der Waals surface area contributed by atoms with Crippen LogP contribution < -0.4 is 17.0 Å². The third kappa shape index (κ3) is 7.25. The van der Waals surface area contributed by atoms with Gasteiger partial charge in [0.15, 0.2) is 0 Å². The molecule has 4 rings (SSSR count). The highest BCUT2D eigenvalue weighted by molar-refractivity contribution is 7.72. The topological polar surface area (TPSA) is 0 Å². The molecule has 0 aliphatic rings. The molecule has 0 atom stereocenters. The average molecular weight is 547 g/mol. The van der Waals surface area contributed by atoms with Crippen molar-refractivity contribution in [3.63, 3.8) is 0 Å². The van der Waals surface area contributed by atoms with Gasteiger partial charge < -0.3 is 17.0 Å². The first-order valence-electron chi connectivity index (χ1n) is 10.7. The smallest absolute Gasteiger partial charge is 0.123 e. The maximum absolute atomic E-state index is 13.6. The molecule has 0 aliphatic heterocycles. The molecular weight excluding hydrogens is 523 g/mol. The molecule has 0 bridgehead atoms. The molecular formula is C28H24BrF4P. The van der Waals surface area contributed by atoms with Crippen LogP contribution in [-0.4, -0.2) is 0 Å². The Morgan fingerprint density at radius 1 is 0.353 bits per heavy atom. The van der Waals surface area contributed by atoms with Crippen molar-refractivity contribution >= 4 is 7.26 Å². The molecule has 0 fully saturated rings. The quantitative estimate of drug-likeness (QED) is 0.206. The van der Waals surface area contributed by atoms with Crippen LogP contribution >= 0.6 is 7.26 Å². The molecule has 0 saturated carbocycles. The Morgan fingerprint density at radius 3 is 0.706 bits per heavy atom. The lowest BCUT2D eigenvalue weighted by Crippen LogP contribution is -3.00. The second-order valence-corrected chi connectivity index (χ2v) is 12.4. The molecule has 0 N–H and O–H groups in total. The van der Waals surface area contributed by atoms with Crippen molar-refractivity contribution in [3.8, 4) is 0 Å². The predicted octanol–water partition coefficient (Wildman–Crippen LogP) is 5.37. The second-order valence-electron chi connectivity index (χ2n) is 8.48. The minimum atomic E-state index is -1.93. The summed E-state index contributed by atoms with van der Waals surface area (Å²) in [7, 11) is -1.93. The maximum Gasteiger partial charge on any atom is 0.123 e. The summed E-state index contributed by atoms with van der Waals surface area (Å²) in [6.45, 7) is 0. The van der Waals surface area contributed by atoms with Gasteiger partial charge in [0.2, 0.25) is 0 Å². The van der Waals surface area contributed by atoms with Crippen molar-refractivity contribution in [2.24, 2.45) is 0 Å². The maximum atomic E-state index is 13.6. The molecule has 0 aliphatic carbocycles. The molecule has 34 heavy (non-hydrogen) atoms. The van der Waals surface area contributed by atoms with Crippen LogP contribution in [0.3, 0.4) is 0 Å². The van der Waals surface area contributed by atoms with Crippen molar-refractivity contribution < 1.29 is 34.5 Å². The van der Waals surface area contributed by atoms with Crippen LogP contribution in [-0.2, 0) is 24.6 Å². The van der Waals surface area contributed by atoms with E-state index in [9.17, 15) is 17.6 Å². The summed E-state index contributed by atoms with van der Waals surface area (Å²) in [4.78, 5) is 0. The standard InChI is InChI=1S/C28H24F4P.BrH/c29-25-9-1-21(2-10-25)17-33(18-22-3-11-26(30)12-4-22,19-23-5-13-27(31)14-6-23)20-24-7-15-28(32)16-8-24;/h1-16H,17-20H2;1H/q+1;/p-1. The van der Waals surface area contributed by atoms with Crippen LogP contribution in [0.25, 0.3) is 0 Å². The fraction of sp³-hybridized carbons (Fsp3) is 0.143. The fourth-order valence-electron chi connectivity index (χ4n) is 4.24. The zero-order valence-electron chi connectivity index (χ0n) is 18.4. The van der Waals surface area contributed by atoms with Crippen molar-refractivity contribution in [1.82, 2.24) is 0 Å². The van der Waals surface area contributed by atoms with Gasteiger partial charge in [-0.15, -0.1) is 0 Å². The SMILES string of the molecule is Fc1ccc(C[P+](Cc2ccc(F)cc2)(Cc2ccc(F)cc2)Cc2ccc(F)cc2)cc1.[Br-]. The predicted molar refractivity (Wildman–Crippen MR) is 127 cm³/mol. The fourth-order valence-corrected chi connectivity index (χ4v) is 8.86. The summed E-state index contributed by atoms with van der Waals surface area (Å²) in [5.74, 6) is -1.17. The number of rotatable bonds is 8. The van der Waals surface area contributed by atoms with E-state index in [2.05, 4.69) is 0 Å². The highest BCUT2D eigenvalue weighted by atomic mass is 79.9. The molecule has 0 spiro atoms. The largest absolute Gasteiger partial charge is 1.00 e. The van der Waals surface area contributed by atoms with Crippen molar-refractivity contribution in [1.29, 1.82) is 0 Å². The Bertz CT molecular complexity index is 980. The molecule has 0 amide bonds. The van der Waals surface area contributed by atoms with Crippen molar-refractivity contribution in [3.05, 3.63) is 143 Å². The Balaban J connectivity index is 0.00000324. The lowest BCUT2D eigenvalue weighted by atomic mass is 10.2. The zero-order chi connectivity index (χ0) is 23.3. The number of halogens is 5. The van der Waals surface area contributed by atoms with E-state index >= 15 is 0 Å². The van der Waals surface area contributed by atoms with Gasteiger partial charge in [-0.25, -0.2) is 17.6 Å². The van der Waals surface area contributed by atoms with Gasteiger partial charge in [-0.3, -0.25) is 0 Å². The summed E-state index contributed by atoms with van der Waals surface area (Å²) in [5.41, 5.74) is 4.04. The van der Waals surface area contributed by atoms with Gasteiger partial charge in [0.25, 0.3) is 0 Å². The Morgan fingerprint density at radius 2 is 0.529 bits per heavy atom. The van der Waals surface area contributed by atoms with E-state index in [4.69, 9.17) is 0 Å². The Labute approximate surface area is 208 Å². The highest BCUT2D eigenvalue weighted by Crippen LogP contribution is 2.68. The van der Waals surface area contributed by atoms with Crippen LogP contribution in [0.15, 0.2) is 97.1 Å². The van der Waals surface area contributed by atoms with Crippen LogP contribution in [0.4, 0.5) is 17.6 Å².